The summed E-state index contributed by atoms with van der Waals surface area (Å²) in [6.07, 6.45) is -1.87. The molecule has 0 atom stereocenters. The predicted molar refractivity (Wildman–Crippen MR) is 103 cm³/mol. The summed E-state index contributed by atoms with van der Waals surface area (Å²) >= 11 is 0. The fourth-order valence-electron chi connectivity index (χ4n) is 3.15. The molecule has 10 heteroatoms. The second-order valence-electron chi connectivity index (χ2n) is 6.45. The lowest BCUT2D eigenvalue weighted by molar-refractivity contribution is -0.140. The van der Waals surface area contributed by atoms with Gasteiger partial charge >= 0.3 is 6.18 Å². The molecule has 0 saturated heterocycles. The second kappa shape index (κ2) is 7.14. The zero-order valence-corrected chi connectivity index (χ0v) is 15.5. The molecule has 0 unspecified atom stereocenters. The molecule has 4 aromatic rings. The smallest absolute Gasteiger partial charge is 0.322 e. The number of anilines is 1. The molecule has 0 radical (unpaired) electrons. The van der Waals surface area contributed by atoms with E-state index in [0.717, 1.165) is 0 Å². The van der Waals surface area contributed by atoms with Gasteiger partial charge in [0, 0.05) is 18.1 Å². The van der Waals surface area contributed by atoms with Crippen molar-refractivity contribution in [2.45, 2.75) is 13.1 Å². The SMILES string of the molecule is Cc1nc2c(-c3ccccc3)c(C(F)(F)F)[nH]n2c(=O)c1C(=O)Nc1ccncc1. The van der Waals surface area contributed by atoms with Crippen LogP contribution >= 0.6 is 0 Å². The molecule has 4 rings (SSSR count). The molecule has 1 amide bonds. The number of hydrogen-bond donors (Lipinski definition) is 2. The third kappa shape index (κ3) is 3.32. The molecule has 0 bridgehead atoms. The zero-order chi connectivity index (χ0) is 21.5. The average Bonchev–Trinajstić information content (AvgIpc) is 3.09. The van der Waals surface area contributed by atoms with Crippen LogP contribution in [0.3, 0.4) is 0 Å². The van der Waals surface area contributed by atoms with Gasteiger partial charge in [0.25, 0.3) is 11.5 Å². The fraction of sp³-hybridized carbons (Fsp3) is 0.100. The number of alkyl halides is 3. The van der Waals surface area contributed by atoms with E-state index in [1.807, 2.05) is 0 Å². The number of nitrogens with one attached hydrogen (secondary N) is 2. The molecule has 1 aromatic carbocycles. The lowest BCUT2D eigenvalue weighted by Crippen LogP contribution is -2.29. The monoisotopic (exact) mass is 413 g/mol. The van der Waals surface area contributed by atoms with E-state index in [-0.39, 0.29) is 28.0 Å². The second-order valence-corrected chi connectivity index (χ2v) is 6.45. The topological polar surface area (TPSA) is 92.2 Å². The van der Waals surface area contributed by atoms with Crippen molar-refractivity contribution in [2.75, 3.05) is 5.32 Å². The van der Waals surface area contributed by atoms with E-state index in [2.05, 4.69) is 20.4 Å². The maximum atomic E-state index is 13.7. The Balaban J connectivity index is 1.93. The summed E-state index contributed by atoms with van der Waals surface area (Å²) in [5.74, 6) is -0.782. The van der Waals surface area contributed by atoms with Crippen LogP contribution < -0.4 is 10.9 Å². The first-order valence-electron chi connectivity index (χ1n) is 8.76. The third-order valence-electron chi connectivity index (χ3n) is 4.47. The Morgan fingerprint density at radius 3 is 2.40 bits per heavy atom. The van der Waals surface area contributed by atoms with Crippen molar-refractivity contribution in [1.82, 2.24) is 19.6 Å². The Kier molecular flexibility index (Phi) is 4.61. The minimum absolute atomic E-state index is 0.0106. The Labute approximate surface area is 167 Å². The van der Waals surface area contributed by atoms with Crippen molar-refractivity contribution in [3.05, 3.63) is 82.2 Å². The first-order chi connectivity index (χ1) is 14.3. The average molecular weight is 413 g/mol. The minimum Gasteiger partial charge on any atom is -0.322 e. The van der Waals surface area contributed by atoms with E-state index in [0.29, 0.717) is 10.2 Å². The number of nitrogens with zero attached hydrogens (tertiary/aromatic N) is 3. The number of aromatic nitrogens is 4. The molecule has 0 fully saturated rings. The predicted octanol–water partition coefficient (Wildman–Crippen LogP) is 3.66. The van der Waals surface area contributed by atoms with Crippen LogP contribution in [-0.4, -0.2) is 25.5 Å². The van der Waals surface area contributed by atoms with Crippen LogP contribution in [0.2, 0.25) is 0 Å². The van der Waals surface area contributed by atoms with Gasteiger partial charge in [-0.2, -0.15) is 17.7 Å². The molecule has 0 aliphatic heterocycles. The van der Waals surface area contributed by atoms with Gasteiger partial charge < -0.3 is 5.32 Å². The minimum atomic E-state index is -4.77. The van der Waals surface area contributed by atoms with Gasteiger partial charge in [0.2, 0.25) is 0 Å². The number of hydrogen-bond acceptors (Lipinski definition) is 4. The highest BCUT2D eigenvalue weighted by atomic mass is 19.4. The number of benzene rings is 1. The molecular formula is C20H14F3N5O2. The lowest BCUT2D eigenvalue weighted by Gasteiger charge is -2.08. The van der Waals surface area contributed by atoms with E-state index in [9.17, 15) is 22.8 Å². The van der Waals surface area contributed by atoms with Gasteiger partial charge in [-0.3, -0.25) is 19.7 Å². The van der Waals surface area contributed by atoms with Gasteiger partial charge in [0.1, 0.15) is 11.3 Å². The first kappa shape index (κ1) is 19.4. The molecular weight excluding hydrogens is 399 g/mol. The molecule has 3 aromatic heterocycles. The van der Waals surface area contributed by atoms with Crippen molar-refractivity contribution < 1.29 is 18.0 Å². The maximum Gasteiger partial charge on any atom is 0.433 e. The highest BCUT2D eigenvalue weighted by Gasteiger charge is 2.38. The number of aromatic amines is 1. The highest BCUT2D eigenvalue weighted by molar-refractivity contribution is 6.05. The van der Waals surface area contributed by atoms with E-state index in [1.54, 1.807) is 18.2 Å². The highest BCUT2D eigenvalue weighted by Crippen LogP contribution is 2.38. The fourth-order valence-corrected chi connectivity index (χ4v) is 3.15. The largest absolute Gasteiger partial charge is 0.433 e. The molecule has 2 N–H and O–H groups in total. The Morgan fingerprint density at radius 1 is 1.10 bits per heavy atom. The summed E-state index contributed by atoms with van der Waals surface area (Å²) in [5, 5.41) is 4.60. The van der Waals surface area contributed by atoms with E-state index >= 15 is 0 Å². The molecule has 0 aliphatic carbocycles. The molecule has 3 heterocycles. The first-order valence-corrected chi connectivity index (χ1v) is 8.76. The number of carbonyl (C=O) groups excluding carboxylic acids is 1. The molecule has 0 aliphatic rings. The lowest BCUT2D eigenvalue weighted by atomic mass is 10.1. The summed E-state index contributed by atoms with van der Waals surface area (Å²) in [4.78, 5) is 33.6. The Hall–Kier alpha value is -3.95. The van der Waals surface area contributed by atoms with Crippen molar-refractivity contribution in [3.8, 4) is 11.1 Å². The van der Waals surface area contributed by atoms with E-state index in [4.69, 9.17) is 0 Å². The number of pyridine rings is 1. The van der Waals surface area contributed by atoms with Crippen LogP contribution in [0.1, 0.15) is 21.7 Å². The quantitative estimate of drug-likeness (QED) is 0.536. The van der Waals surface area contributed by atoms with Gasteiger partial charge in [-0.15, -0.1) is 0 Å². The van der Waals surface area contributed by atoms with Gasteiger partial charge in [-0.25, -0.2) is 4.98 Å². The molecule has 7 nitrogen and oxygen atoms in total. The number of rotatable bonds is 3. The van der Waals surface area contributed by atoms with E-state index in [1.165, 1.54) is 43.6 Å². The number of aryl methyl sites for hydroxylation is 1. The van der Waals surface area contributed by atoms with Gasteiger partial charge in [-0.1, -0.05) is 30.3 Å². The summed E-state index contributed by atoms with van der Waals surface area (Å²) in [7, 11) is 0. The number of fused-ring (bicyclic) bond motifs is 1. The van der Waals surface area contributed by atoms with Crippen LogP contribution in [-0.2, 0) is 6.18 Å². The standard InChI is InChI=1S/C20H14F3N5O2/c1-11-14(18(29)26-13-7-9-24-10-8-13)19(30)28-17(25-11)15(12-5-3-2-4-6-12)16(27-28)20(21,22)23/h2-10,27H,1H3,(H,24,26,29). The van der Waals surface area contributed by atoms with E-state index < -0.39 is 23.3 Å². The van der Waals surface area contributed by atoms with Crippen LogP contribution in [0.25, 0.3) is 16.8 Å². The van der Waals surface area contributed by atoms with Crippen LogP contribution in [0.4, 0.5) is 18.9 Å². The zero-order valence-electron chi connectivity index (χ0n) is 15.5. The van der Waals surface area contributed by atoms with Crippen molar-refractivity contribution in [2.24, 2.45) is 0 Å². The Bertz CT molecular complexity index is 1300. The summed E-state index contributed by atoms with van der Waals surface area (Å²) in [6, 6.07) is 10.8. The molecule has 152 valence electrons. The molecule has 30 heavy (non-hydrogen) atoms. The van der Waals surface area contributed by atoms with Crippen LogP contribution in [0.5, 0.6) is 0 Å². The van der Waals surface area contributed by atoms with Crippen molar-refractivity contribution in [3.63, 3.8) is 0 Å². The van der Waals surface area contributed by atoms with Crippen LogP contribution in [0.15, 0.2) is 59.7 Å². The van der Waals surface area contributed by atoms with Gasteiger partial charge in [0.05, 0.1) is 11.3 Å². The molecule has 0 spiro atoms. The van der Waals surface area contributed by atoms with Crippen molar-refractivity contribution >= 4 is 17.2 Å². The van der Waals surface area contributed by atoms with Crippen LogP contribution in [0, 0.1) is 6.92 Å². The maximum absolute atomic E-state index is 13.7. The summed E-state index contributed by atoms with van der Waals surface area (Å²) < 4.78 is 41.7. The molecule has 0 saturated carbocycles. The summed E-state index contributed by atoms with van der Waals surface area (Å²) in [6.45, 7) is 1.40. The number of carbonyl (C=O) groups is 1. The summed E-state index contributed by atoms with van der Waals surface area (Å²) in [5.41, 5.74) is -2.26. The third-order valence-corrected chi connectivity index (χ3v) is 4.47. The number of H-pyrrole nitrogens is 1. The van der Waals surface area contributed by atoms with Crippen molar-refractivity contribution in [1.29, 1.82) is 0 Å². The van der Waals surface area contributed by atoms with Gasteiger partial charge in [-0.05, 0) is 24.6 Å². The number of halogens is 3. The van der Waals surface area contributed by atoms with Gasteiger partial charge in [0.15, 0.2) is 5.65 Å². The normalized spacial score (nSPS) is 11.6. The Morgan fingerprint density at radius 2 is 1.77 bits per heavy atom. The number of amides is 1.